The lowest BCUT2D eigenvalue weighted by molar-refractivity contribution is -0.141. The third-order valence-corrected chi connectivity index (χ3v) is 4.94. The van der Waals surface area contributed by atoms with Crippen LogP contribution in [0.3, 0.4) is 0 Å². The van der Waals surface area contributed by atoms with Crippen LogP contribution in [0.25, 0.3) is 0 Å². The molecule has 2 aromatic carbocycles. The van der Waals surface area contributed by atoms with Crippen molar-refractivity contribution in [3.05, 3.63) is 93.5 Å². The van der Waals surface area contributed by atoms with E-state index in [-0.39, 0.29) is 33.3 Å². The molecule has 2 heterocycles. The number of phenols is 1. The number of rotatable bonds is 2. The van der Waals surface area contributed by atoms with E-state index in [9.17, 15) is 22.7 Å². The van der Waals surface area contributed by atoms with Crippen molar-refractivity contribution in [1.82, 2.24) is 4.98 Å². The van der Waals surface area contributed by atoms with E-state index in [2.05, 4.69) is 9.98 Å². The van der Waals surface area contributed by atoms with E-state index >= 15 is 0 Å². The van der Waals surface area contributed by atoms with Crippen LogP contribution < -0.4 is 5.73 Å². The Balaban J connectivity index is 2.11. The molecule has 0 saturated heterocycles. The Hall–Kier alpha value is -3.13. The lowest BCUT2D eigenvalue weighted by Gasteiger charge is -2.29. The number of halogens is 5. The first kappa shape index (κ1) is 19.2. The molecule has 1 unspecified atom stereocenters. The summed E-state index contributed by atoms with van der Waals surface area (Å²) in [7, 11) is 0. The summed E-state index contributed by atoms with van der Waals surface area (Å²) < 4.78 is 54.5. The zero-order valence-electron chi connectivity index (χ0n) is 14.5. The molecule has 4 rings (SSSR count). The van der Waals surface area contributed by atoms with Gasteiger partial charge in [0.1, 0.15) is 28.6 Å². The van der Waals surface area contributed by atoms with E-state index < -0.39 is 23.2 Å². The molecule has 9 heteroatoms. The number of aromatic nitrogens is 1. The SMILES string of the molecule is NC1=NC(c2cccc(O)c2)(c2ccnc(C(F)(F)F)c2)c2cc(Cl)cc(F)c21. The molecule has 29 heavy (non-hydrogen) atoms. The molecule has 3 aromatic rings. The van der Waals surface area contributed by atoms with Crippen molar-refractivity contribution in [3.63, 3.8) is 0 Å². The van der Waals surface area contributed by atoms with Gasteiger partial charge in [-0.3, -0.25) is 4.98 Å². The summed E-state index contributed by atoms with van der Waals surface area (Å²) in [5.41, 5.74) is 3.65. The molecule has 0 aliphatic carbocycles. The monoisotopic (exact) mass is 421 g/mol. The number of phenolic OH excluding ortho intramolecular Hbond substituents is 1. The Bertz CT molecular complexity index is 1160. The number of fused-ring (bicyclic) bond motifs is 1. The average Bonchev–Trinajstić information content (AvgIpc) is 2.94. The van der Waals surface area contributed by atoms with E-state index in [1.54, 1.807) is 6.07 Å². The highest BCUT2D eigenvalue weighted by Crippen LogP contribution is 2.48. The summed E-state index contributed by atoms with van der Waals surface area (Å²) in [4.78, 5) is 7.76. The molecule has 3 N–H and O–H groups in total. The molecule has 1 aliphatic heterocycles. The number of amidine groups is 1. The Morgan fingerprint density at radius 3 is 2.45 bits per heavy atom. The van der Waals surface area contributed by atoms with E-state index in [0.29, 0.717) is 5.56 Å². The van der Waals surface area contributed by atoms with Crippen molar-refractivity contribution >= 4 is 17.4 Å². The van der Waals surface area contributed by atoms with Gasteiger partial charge in [0.25, 0.3) is 0 Å². The summed E-state index contributed by atoms with van der Waals surface area (Å²) in [5, 5.41) is 10.00. The highest BCUT2D eigenvalue weighted by atomic mass is 35.5. The number of hydrogen-bond acceptors (Lipinski definition) is 4. The van der Waals surface area contributed by atoms with Crippen LogP contribution in [0.15, 0.2) is 59.7 Å². The molecule has 0 radical (unpaired) electrons. The molecule has 1 aromatic heterocycles. The van der Waals surface area contributed by atoms with Crippen molar-refractivity contribution in [2.45, 2.75) is 11.7 Å². The topological polar surface area (TPSA) is 71.5 Å². The van der Waals surface area contributed by atoms with Crippen LogP contribution in [0, 0.1) is 5.82 Å². The Morgan fingerprint density at radius 1 is 1.03 bits per heavy atom. The van der Waals surface area contributed by atoms with E-state index in [0.717, 1.165) is 18.3 Å². The van der Waals surface area contributed by atoms with Crippen molar-refractivity contribution in [3.8, 4) is 5.75 Å². The number of aromatic hydroxyl groups is 1. The zero-order valence-corrected chi connectivity index (χ0v) is 15.3. The average molecular weight is 422 g/mol. The van der Waals surface area contributed by atoms with Gasteiger partial charge in [-0.15, -0.1) is 0 Å². The fraction of sp³-hybridized carbons (Fsp3) is 0.100. The molecule has 148 valence electrons. The zero-order chi connectivity index (χ0) is 21.0. The molecule has 1 aliphatic rings. The molecular formula is C20H12ClF4N3O. The summed E-state index contributed by atoms with van der Waals surface area (Å²) in [6.07, 6.45) is -3.71. The number of pyridine rings is 1. The first-order chi connectivity index (χ1) is 13.6. The summed E-state index contributed by atoms with van der Waals surface area (Å²) in [5.74, 6) is -1.08. The first-order valence-electron chi connectivity index (χ1n) is 8.31. The largest absolute Gasteiger partial charge is 0.508 e. The van der Waals surface area contributed by atoms with Crippen molar-refractivity contribution in [1.29, 1.82) is 0 Å². The van der Waals surface area contributed by atoms with E-state index in [4.69, 9.17) is 17.3 Å². The van der Waals surface area contributed by atoms with Crippen LogP contribution >= 0.6 is 11.6 Å². The number of nitrogens with two attached hydrogens (primary N) is 1. The van der Waals surface area contributed by atoms with Gasteiger partial charge in [-0.2, -0.15) is 13.2 Å². The van der Waals surface area contributed by atoms with Crippen LogP contribution in [0.5, 0.6) is 5.75 Å². The maximum absolute atomic E-state index is 14.6. The third kappa shape index (κ3) is 3.00. The first-order valence-corrected chi connectivity index (χ1v) is 8.69. The molecule has 4 nitrogen and oxygen atoms in total. The molecule has 0 fully saturated rings. The predicted octanol–water partition coefficient (Wildman–Crippen LogP) is 4.61. The van der Waals surface area contributed by atoms with Gasteiger partial charge in [-0.1, -0.05) is 23.7 Å². The van der Waals surface area contributed by atoms with Gasteiger partial charge in [0.05, 0.1) is 5.56 Å². The predicted molar refractivity (Wildman–Crippen MR) is 99.4 cm³/mol. The summed E-state index contributed by atoms with van der Waals surface area (Å²) >= 11 is 6.04. The Morgan fingerprint density at radius 2 is 1.76 bits per heavy atom. The number of hydrogen-bond donors (Lipinski definition) is 2. The molecule has 0 spiro atoms. The summed E-state index contributed by atoms with van der Waals surface area (Å²) in [6.45, 7) is 0. The molecule has 1 atom stereocenters. The quantitative estimate of drug-likeness (QED) is 0.594. The van der Waals surface area contributed by atoms with Gasteiger partial charge in [0, 0.05) is 16.8 Å². The fourth-order valence-electron chi connectivity index (χ4n) is 3.56. The highest BCUT2D eigenvalue weighted by Gasteiger charge is 2.46. The van der Waals surface area contributed by atoms with Crippen molar-refractivity contribution < 1.29 is 22.7 Å². The maximum Gasteiger partial charge on any atom is 0.433 e. The van der Waals surface area contributed by atoms with Crippen LogP contribution in [-0.2, 0) is 11.7 Å². The van der Waals surface area contributed by atoms with Gasteiger partial charge < -0.3 is 10.8 Å². The Labute approximate surface area is 167 Å². The molecule has 0 saturated carbocycles. The second-order valence-corrected chi connectivity index (χ2v) is 6.93. The van der Waals surface area contributed by atoms with Crippen LogP contribution in [-0.4, -0.2) is 15.9 Å². The molecule has 0 bridgehead atoms. The number of alkyl halides is 3. The second kappa shape index (κ2) is 6.45. The minimum Gasteiger partial charge on any atom is -0.508 e. The minimum atomic E-state index is -4.70. The van der Waals surface area contributed by atoms with Gasteiger partial charge in [0.2, 0.25) is 0 Å². The summed E-state index contributed by atoms with van der Waals surface area (Å²) in [6, 6.07) is 10.4. The number of nitrogens with zero attached hydrogens (tertiary/aromatic N) is 2. The molecular weight excluding hydrogens is 410 g/mol. The minimum absolute atomic E-state index is 0.0285. The van der Waals surface area contributed by atoms with Gasteiger partial charge in [-0.05, 0) is 47.5 Å². The second-order valence-electron chi connectivity index (χ2n) is 6.50. The van der Waals surface area contributed by atoms with Crippen LogP contribution in [0.1, 0.15) is 27.9 Å². The van der Waals surface area contributed by atoms with Gasteiger partial charge >= 0.3 is 6.18 Å². The highest BCUT2D eigenvalue weighted by molar-refractivity contribution is 6.31. The Kier molecular flexibility index (Phi) is 4.27. The normalized spacial score (nSPS) is 18.4. The number of aliphatic imine (C=N–C) groups is 1. The van der Waals surface area contributed by atoms with Crippen LogP contribution in [0.4, 0.5) is 17.6 Å². The lowest BCUT2D eigenvalue weighted by Crippen LogP contribution is -2.26. The lowest BCUT2D eigenvalue weighted by atomic mass is 9.77. The fourth-order valence-corrected chi connectivity index (χ4v) is 3.77. The van der Waals surface area contributed by atoms with Crippen molar-refractivity contribution in [2.75, 3.05) is 0 Å². The smallest absolute Gasteiger partial charge is 0.433 e. The number of benzene rings is 2. The molecule has 0 amide bonds. The van der Waals surface area contributed by atoms with Crippen molar-refractivity contribution in [2.24, 2.45) is 10.7 Å². The van der Waals surface area contributed by atoms with Gasteiger partial charge in [0.15, 0.2) is 0 Å². The maximum atomic E-state index is 14.6. The third-order valence-electron chi connectivity index (χ3n) is 4.72. The van der Waals surface area contributed by atoms with E-state index in [1.165, 1.54) is 30.3 Å². The standard InChI is InChI=1S/C20H12ClF4N3O/c21-12-8-14-17(15(22)9-12)18(26)28-19(14,10-2-1-3-13(29)6-10)11-4-5-27-16(7-11)20(23,24)25/h1-9,29H,(H2,26,28). The van der Waals surface area contributed by atoms with E-state index in [1.807, 2.05) is 0 Å². The van der Waals surface area contributed by atoms with Gasteiger partial charge in [-0.25, -0.2) is 9.38 Å². The van der Waals surface area contributed by atoms with Crippen LogP contribution in [0.2, 0.25) is 5.02 Å².